The molecule has 1 heterocycles. The molecule has 2 unspecified atom stereocenters. The Morgan fingerprint density at radius 1 is 1.24 bits per heavy atom. The Labute approximate surface area is 130 Å². The van der Waals surface area contributed by atoms with E-state index in [1.54, 1.807) is 0 Å². The van der Waals surface area contributed by atoms with E-state index in [1.165, 1.54) is 25.9 Å². The maximum atomic E-state index is 12.1. The normalized spacial score (nSPS) is 19.5. The predicted molar refractivity (Wildman–Crippen MR) is 89.1 cm³/mol. The van der Waals surface area contributed by atoms with Gasteiger partial charge in [0.2, 0.25) is 5.91 Å². The van der Waals surface area contributed by atoms with Gasteiger partial charge in [-0.25, -0.2) is 0 Å². The van der Waals surface area contributed by atoms with Gasteiger partial charge in [0.1, 0.15) is 0 Å². The van der Waals surface area contributed by atoms with Gasteiger partial charge in [0, 0.05) is 19.0 Å². The third-order valence-corrected chi connectivity index (χ3v) is 4.60. The van der Waals surface area contributed by atoms with E-state index >= 15 is 0 Å². The molecule has 4 nitrogen and oxygen atoms in total. The first-order valence-corrected chi connectivity index (χ1v) is 8.54. The molecule has 0 aromatic carbocycles. The molecule has 1 fully saturated rings. The predicted octanol–water partition coefficient (Wildman–Crippen LogP) is 2.38. The molecule has 21 heavy (non-hydrogen) atoms. The van der Waals surface area contributed by atoms with Crippen molar-refractivity contribution in [3.8, 4) is 0 Å². The summed E-state index contributed by atoms with van der Waals surface area (Å²) in [4.78, 5) is 14.5. The number of nitrogens with two attached hydrogens (primary N) is 1. The van der Waals surface area contributed by atoms with Crippen LogP contribution in [0.25, 0.3) is 0 Å². The lowest BCUT2D eigenvalue weighted by Gasteiger charge is -2.30. The molecule has 0 aliphatic carbocycles. The van der Waals surface area contributed by atoms with Crippen LogP contribution in [0.2, 0.25) is 0 Å². The van der Waals surface area contributed by atoms with Gasteiger partial charge in [-0.05, 0) is 63.6 Å². The van der Waals surface area contributed by atoms with Gasteiger partial charge in [0.25, 0.3) is 0 Å². The summed E-state index contributed by atoms with van der Waals surface area (Å²) < 4.78 is 0. The molecular formula is C17H35N3O. The number of carbonyl (C=O) groups excluding carboxylic acids is 1. The van der Waals surface area contributed by atoms with Crippen LogP contribution >= 0.6 is 0 Å². The summed E-state index contributed by atoms with van der Waals surface area (Å²) in [6, 6.07) is 0.248. The topological polar surface area (TPSA) is 58.4 Å². The van der Waals surface area contributed by atoms with Gasteiger partial charge in [-0.3, -0.25) is 4.79 Å². The van der Waals surface area contributed by atoms with E-state index in [0.717, 1.165) is 19.4 Å². The fourth-order valence-corrected chi connectivity index (χ4v) is 3.26. The lowest BCUT2D eigenvalue weighted by atomic mass is 9.76. The van der Waals surface area contributed by atoms with Crippen LogP contribution in [0.3, 0.4) is 0 Å². The van der Waals surface area contributed by atoms with E-state index in [4.69, 9.17) is 5.73 Å². The molecule has 0 aromatic heterocycles. The van der Waals surface area contributed by atoms with Gasteiger partial charge in [-0.2, -0.15) is 0 Å². The molecule has 1 aliphatic heterocycles. The SMILES string of the molecule is CC(CN1CCCC1)NC(=O)CCC(CCN)C(C)(C)C. The van der Waals surface area contributed by atoms with E-state index in [0.29, 0.717) is 18.9 Å². The minimum Gasteiger partial charge on any atom is -0.352 e. The van der Waals surface area contributed by atoms with E-state index in [2.05, 4.69) is 37.9 Å². The smallest absolute Gasteiger partial charge is 0.220 e. The zero-order chi connectivity index (χ0) is 15.9. The number of hydrogen-bond donors (Lipinski definition) is 2. The Balaban J connectivity index is 2.28. The van der Waals surface area contributed by atoms with Gasteiger partial charge in [-0.15, -0.1) is 0 Å². The van der Waals surface area contributed by atoms with Crippen LogP contribution < -0.4 is 11.1 Å². The number of nitrogens with zero attached hydrogens (tertiary/aromatic N) is 1. The summed E-state index contributed by atoms with van der Waals surface area (Å²) in [5.41, 5.74) is 5.92. The Morgan fingerprint density at radius 3 is 2.38 bits per heavy atom. The molecule has 1 aliphatic rings. The molecule has 3 N–H and O–H groups in total. The number of nitrogens with one attached hydrogen (secondary N) is 1. The second-order valence-corrected chi connectivity index (χ2v) is 7.66. The highest BCUT2D eigenvalue weighted by atomic mass is 16.1. The molecular weight excluding hydrogens is 262 g/mol. The first-order chi connectivity index (χ1) is 9.82. The van der Waals surface area contributed by atoms with Crippen molar-refractivity contribution in [2.24, 2.45) is 17.1 Å². The van der Waals surface area contributed by atoms with Crippen molar-refractivity contribution in [2.75, 3.05) is 26.2 Å². The lowest BCUT2D eigenvalue weighted by Crippen LogP contribution is -2.41. The number of rotatable bonds is 8. The van der Waals surface area contributed by atoms with Crippen LogP contribution in [0.4, 0.5) is 0 Å². The zero-order valence-electron chi connectivity index (χ0n) is 14.5. The quantitative estimate of drug-likeness (QED) is 0.723. The first-order valence-electron chi connectivity index (χ1n) is 8.54. The van der Waals surface area contributed by atoms with Gasteiger partial charge in [-0.1, -0.05) is 20.8 Å². The van der Waals surface area contributed by atoms with Crippen molar-refractivity contribution in [1.82, 2.24) is 10.2 Å². The molecule has 0 aromatic rings. The molecule has 124 valence electrons. The van der Waals surface area contributed by atoms with Crippen molar-refractivity contribution >= 4 is 5.91 Å². The van der Waals surface area contributed by atoms with Gasteiger partial charge >= 0.3 is 0 Å². The van der Waals surface area contributed by atoms with Crippen LogP contribution in [0.15, 0.2) is 0 Å². The highest BCUT2D eigenvalue weighted by molar-refractivity contribution is 5.76. The highest BCUT2D eigenvalue weighted by Gasteiger charge is 2.24. The lowest BCUT2D eigenvalue weighted by molar-refractivity contribution is -0.122. The molecule has 1 amide bonds. The maximum Gasteiger partial charge on any atom is 0.220 e. The van der Waals surface area contributed by atoms with Crippen molar-refractivity contribution in [3.05, 3.63) is 0 Å². The Morgan fingerprint density at radius 2 is 1.86 bits per heavy atom. The van der Waals surface area contributed by atoms with E-state index in [-0.39, 0.29) is 17.4 Å². The molecule has 4 heteroatoms. The van der Waals surface area contributed by atoms with Crippen molar-refractivity contribution in [3.63, 3.8) is 0 Å². The number of amides is 1. The van der Waals surface area contributed by atoms with Crippen LogP contribution in [0, 0.1) is 11.3 Å². The molecule has 0 spiro atoms. The largest absolute Gasteiger partial charge is 0.352 e. The van der Waals surface area contributed by atoms with Crippen LogP contribution in [0.5, 0.6) is 0 Å². The van der Waals surface area contributed by atoms with Crippen molar-refractivity contribution in [1.29, 1.82) is 0 Å². The number of likely N-dealkylation sites (tertiary alicyclic amines) is 1. The van der Waals surface area contributed by atoms with E-state index < -0.39 is 0 Å². The minimum absolute atomic E-state index is 0.188. The van der Waals surface area contributed by atoms with Gasteiger partial charge in [0.15, 0.2) is 0 Å². The second kappa shape index (κ2) is 8.74. The van der Waals surface area contributed by atoms with Crippen LogP contribution in [0.1, 0.15) is 59.8 Å². The van der Waals surface area contributed by atoms with Gasteiger partial charge in [0.05, 0.1) is 0 Å². The Kier molecular flexibility index (Phi) is 7.67. The molecule has 0 radical (unpaired) electrons. The summed E-state index contributed by atoms with van der Waals surface area (Å²) in [7, 11) is 0. The molecule has 0 bridgehead atoms. The standard InChI is InChI=1S/C17H35N3O/c1-14(13-20-11-5-6-12-20)19-16(21)8-7-15(9-10-18)17(2,3)4/h14-15H,5-13,18H2,1-4H3,(H,19,21). The Hall–Kier alpha value is -0.610. The van der Waals surface area contributed by atoms with E-state index in [1.807, 2.05) is 0 Å². The molecule has 1 rings (SSSR count). The summed E-state index contributed by atoms with van der Waals surface area (Å²) in [6.07, 6.45) is 5.15. The minimum atomic E-state index is 0.188. The van der Waals surface area contributed by atoms with Crippen molar-refractivity contribution in [2.45, 2.75) is 65.8 Å². The number of carbonyl (C=O) groups is 1. The fraction of sp³-hybridized carbons (Fsp3) is 0.941. The summed E-state index contributed by atoms with van der Waals surface area (Å²) in [6.45, 7) is 12.9. The van der Waals surface area contributed by atoms with E-state index in [9.17, 15) is 4.79 Å². The third kappa shape index (κ3) is 7.28. The van der Waals surface area contributed by atoms with Crippen LogP contribution in [-0.2, 0) is 4.79 Å². The number of hydrogen-bond acceptors (Lipinski definition) is 3. The van der Waals surface area contributed by atoms with Crippen molar-refractivity contribution < 1.29 is 4.79 Å². The average molecular weight is 297 g/mol. The summed E-state index contributed by atoms with van der Waals surface area (Å²) in [5, 5.41) is 3.14. The van der Waals surface area contributed by atoms with Gasteiger partial charge < -0.3 is 16.0 Å². The summed E-state index contributed by atoms with van der Waals surface area (Å²) in [5.74, 6) is 0.704. The highest BCUT2D eigenvalue weighted by Crippen LogP contribution is 2.32. The second-order valence-electron chi connectivity index (χ2n) is 7.66. The molecule has 1 saturated heterocycles. The maximum absolute atomic E-state index is 12.1. The molecule has 0 saturated carbocycles. The fourth-order valence-electron chi connectivity index (χ4n) is 3.26. The molecule has 2 atom stereocenters. The van der Waals surface area contributed by atoms with Crippen LogP contribution in [-0.4, -0.2) is 43.0 Å². The zero-order valence-corrected chi connectivity index (χ0v) is 14.5. The Bertz CT molecular complexity index is 306. The monoisotopic (exact) mass is 297 g/mol. The average Bonchev–Trinajstić information content (AvgIpc) is 2.85. The summed E-state index contributed by atoms with van der Waals surface area (Å²) >= 11 is 0. The third-order valence-electron chi connectivity index (χ3n) is 4.60. The first kappa shape index (κ1) is 18.4.